The van der Waals surface area contributed by atoms with Crippen LogP contribution in [-0.4, -0.2) is 32.5 Å². The van der Waals surface area contributed by atoms with Crippen LogP contribution in [0.1, 0.15) is 55.2 Å². The molecule has 0 amide bonds. The molecule has 2 aliphatic rings. The number of hydrogen-bond acceptors (Lipinski definition) is 5. The molecule has 0 spiro atoms. The third-order valence-corrected chi connectivity index (χ3v) is 8.41. The van der Waals surface area contributed by atoms with E-state index in [9.17, 15) is 17.6 Å². The number of fused-ring (bicyclic) bond motifs is 1. The molecule has 2 aromatic heterocycles. The summed E-state index contributed by atoms with van der Waals surface area (Å²) in [6, 6.07) is 13.4. The molecule has 0 bridgehead atoms. The summed E-state index contributed by atoms with van der Waals surface area (Å²) in [6.45, 7) is 0.345. The van der Waals surface area contributed by atoms with Crippen LogP contribution in [0.15, 0.2) is 65.3 Å². The van der Waals surface area contributed by atoms with E-state index in [2.05, 4.69) is 20.5 Å². The van der Waals surface area contributed by atoms with Crippen LogP contribution in [0.3, 0.4) is 0 Å². The molecular weight excluding hydrogens is 546 g/mol. The third kappa shape index (κ3) is 5.08. The van der Waals surface area contributed by atoms with Crippen molar-refractivity contribution < 1.29 is 22.0 Å². The highest BCUT2D eigenvalue weighted by Gasteiger charge is 2.42. The van der Waals surface area contributed by atoms with Crippen LogP contribution in [0.2, 0.25) is 0 Å². The van der Waals surface area contributed by atoms with E-state index >= 15 is 0 Å². The van der Waals surface area contributed by atoms with Crippen molar-refractivity contribution in [2.24, 2.45) is 13.0 Å². The normalized spacial score (nSPS) is 16.6. The lowest BCUT2D eigenvalue weighted by atomic mass is 9.85. The summed E-state index contributed by atoms with van der Waals surface area (Å²) in [5, 5.41) is 10.9. The fourth-order valence-electron chi connectivity index (χ4n) is 5.77. The SMILES string of the molecule is Cn1cnnc1-c1cc(F)ccc1-c1cccc(-c2nc3cc([C@@H](NCC4CCC4)C(F)(F)F)cc(C4CC4)c3o2)c1. The quantitative estimate of drug-likeness (QED) is 0.190. The second-order valence-electron chi connectivity index (χ2n) is 11.5. The summed E-state index contributed by atoms with van der Waals surface area (Å²) < 4.78 is 65.0. The maximum absolute atomic E-state index is 14.3. The number of hydrogen-bond donors (Lipinski definition) is 1. The number of nitrogens with zero attached hydrogens (tertiary/aromatic N) is 4. The topological polar surface area (TPSA) is 68.8 Å². The number of rotatable bonds is 8. The van der Waals surface area contributed by atoms with Gasteiger partial charge in [0.25, 0.3) is 0 Å². The number of aromatic nitrogens is 4. The van der Waals surface area contributed by atoms with E-state index in [4.69, 9.17) is 4.42 Å². The van der Waals surface area contributed by atoms with E-state index in [-0.39, 0.29) is 11.5 Å². The minimum Gasteiger partial charge on any atom is -0.436 e. The van der Waals surface area contributed by atoms with Gasteiger partial charge < -0.3 is 14.3 Å². The zero-order valence-corrected chi connectivity index (χ0v) is 23.0. The maximum atomic E-state index is 14.3. The Bertz CT molecular complexity index is 1770. The van der Waals surface area contributed by atoms with E-state index in [0.29, 0.717) is 46.4 Å². The molecule has 10 heteroatoms. The summed E-state index contributed by atoms with van der Waals surface area (Å²) in [4.78, 5) is 4.69. The van der Waals surface area contributed by atoms with Crippen LogP contribution < -0.4 is 5.32 Å². The van der Waals surface area contributed by atoms with Crippen LogP contribution in [0.25, 0.3) is 45.1 Å². The van der Waals surface area contributed by atoms with Gasteiger partial charge in [-0.15, -0.1) is 10.2 Å². The van der Waals surface area contributed by atoms with Gasteiger partial charge in [0.05, 0.1) is 0 Å². The number of nitrogens with one attached hydrogen (secondary N) is 1. The average Bonchev–Trinajstić information content (AvgIpc) is 3.54. The monoisotopic (exact) mass is 575 g/mol. The third-order valence-electron chi connectivity index (χ3n) is 8.41. The molecule has 5 aromatic rings. The molecule has 216 valence electrons. The fraction of sp³-hybridized carbons (Fsp3) is 0.344. The number of benzene rings is 3. The smallest absolute Gasteiger partial charge is 0.407 e. The van der Waals surface area contributed by atoms with Crippen molar-refractivity contribution in [1.82, 2.24) is 25.1 Å². The molecule has 6 nitrogen and oxygen atoms in total. The second-order valence-corrected chi connectivity index (χ2v) is 11.5. The van der Waals surface area contributed by atoms with Crippen molar-refractivity contribution in [3.63, 3.8) is 0 Å². The Labute approximate surface area is 239 Å². The van der Waals surface area contributed by atoms with Crippen LogP contribution in [0, 0.1) is 11.7 Å². The summed E-state index contributed by atoms with van der Waals surface area (Å²) in [5.74, 6) is 0.897. The van der Waals surface area contributed by atoms with Gasteiger partial charge in [0.15, 0.2) is 11.4 Å². The highest BCUT2D eigenvalue weighted by Crippen LogP contribution is 2.46. The largest absolute Gasteiger partial charge is 0.436 e. The van der Waals surface area contributed by atoms with E-state index in [1.165, 1.54) is 18.2 Å². The molecule has 1 N–H and O–H groups in total. The molecule has 0 unspecified atom stereocenters. The van der Waals surface area contributed by atoms with E-state index in [0.717, 1.165) is 48.8 Å². The fourth-order valence-corrected chi connectivity index (χ4v) is 5.77. The van der Waals surface area contributed by atoms with Gasteiger partial charge in [-0.1, -0.05) is 24.6 Å². The lowest BCUT2D eigenvalue weighted by Gasteiger charge is -2.29. The molecule has 3 aromatic carbocycles. The summed E-state index contributed by atoms with van der Waals surface area (Å²) in [5.41, 5.74) is 4.67. The van der Waals surface area contributed by atoms with Crippen LogP contribution in [0.5, 0.6) is 0 Å². The van der Waals surface area contributed by atoms with Gasteiger partial charge in [0.1, 0.15) is 23.7 Å². The average molecular weight is 576 g/mol. The highest BCUT2D eigenvalue weighted by atomic mass is 19.4. The summed E-state index contributed by atoms with van der Waals surface area (Å²) in [6.07, 6.45) is 1.94. The molecule has 0 saturated heterocycles. The maximum Gasteiger partial charge on any atom is 0.407 e. The zero-order valence-electron chi connectivity index (χ0n) is 23.0. The lowest BCUT2D eigenvalue weighted by Crippen LogP contribution is -2.38. The molecule has 0 radical (unpaired) electrons. The molecule has 2 aliphatic carbocycles. The molecule has 1 atom stereocenters. The van der Waals surface area contributed by atoms with Gasteiger partial charge in [0, 0.05) is 23.7 Å². The molecule has 42 heavy (non-hydrogen) atoms. The minimum absolute atomic E-state index is 0.160. The number of aryl methyl sites for hydroxylation is 1. The number of halogens is 4. The minimum atomic E-state index is -4.44. The Balaban J connectivity index is 1.28. The van der Waals surface area contributed by atoms with Crippen molar-refractivity contribution >= 4 is 11.1 Å². The summed E-state index contributed by atoms with van der Waals surface area (Å²) >= 11 is 0. The van der Waals surface area contributed by atoms with E-state index < -0.39 is 18.0 Å². The van der Waals surface area contributed by atoms with Crippen molar-refractivity contribution in [2.75, 3.05) is 6.54 Å². The van der Waals surface area contributed by atoms with Crippen molar-refractivity contribution in [3.05, 3.63) is 77.9 Å². The molecule has 2 heterocycles. The van der Waals surface area contributed by atoms with Gasteiger partial charge in [-0.2, -0.15) is 13.2 Å². The molecular formula is C32H29F4N5O. The molecule has 2 fully saturated rings. The number of alkyl halides is 3. The number of oxazole rings is 1. The first-order chi connectivity index (χ1) is 20.2. The Morgan fingerprint density at radius 3 is 2.50 bits per heavy atom. The molecule has 7 rings (SSSR count). The van der Waals surface area contributed by atoms with Crippen molar-refractivity contribution in [3.8, 4) is 34.0 Å². The second kappa shape index (κ2) is 10.3. The molecule has 0 aliphatic heterocycles. The zero-order chi connectivity index (χ0) is 29.0. The Kier molecular flexibility index (Phi) is 6.61. The van der Waals surface area contributed by atoms with Gasteiger partial charge in [0.2, 0.25) is 5.89 Å². The first kappa shape index (κ1) is 26.8. The van der Waals surface area contributed by atoms with Crippen molar-refractivity contribution in [1.29, 1.82) is 0 Å². The molecule has 2 saturated carbocycles. The predicted octanol–water partition coefficient (Wildman–Crippen LogP) is 7.97. The van der Waals surface area contributed by atoms with Gasteiger partial charge in [-0.3, -0.25) is 0 Å². The first-order valence-electron chi connectivity index (χ1n) is 14.2. The lowest BCUT2D eigenvalue weighted by molar-refractivity contribution is -0.158. The van der Waals surface area contributed by atoms with Gasteiger partial charge in [-0.05, 0) is 97.2 Å². The van der Waals surface area contributed by atoms with Gasteiger partial charge in [-0.25, -0.2) is 9.37 Å². The Morgan fingerprint density at radius 1 is 1.00 bits per heavy atom. The van der Waals surface area contributed by atoms with E-state index in [1.807, 2.05) is 24.3 Å². The standard InChI is InChI=1S/C32H29F4N5O/c1-41-17-38-40-30(41)26-15-23(33)10-11-24(26)20-6-3-7-21(12-20)31-39-27-14-22(13-25(19-8-9-19)28(27)42-31)29(32(34,35)36)37-16-18-4-2-5-18/h3,6-7,10-15,17-19,29,37H,2,4-5,8-9,16H2,1H3/t29-/m1/s1. The predicted molar refractivity (Wildman–Crippen MR) is 151 cm³/mol. The Morgan fingerprint density at radius 2 is 1.81 bits per heavy atom. The Hall–Kier alpha value is -4.05. The first-order valence-corrected chi connectivity index (χ1v) is 14.2. The summed E-state index contributed by atoms with van der Waals surface area (Å²) in [7, 11) is 1.79. The van der Waals surface area contributed by atoms with E-state index in [1.54, 1.807) is 30.1 Å². The highest BCUT2D eigenvalue weighted by molar-refractivity contribution is 5.84. The van der Waals surface area contributed by atoms with Crippen LogP contribution >= 0.6 is 0 Å². The van der Waals surface area contributed by atoms with Crippen LogP contribution in [0.4, 0.5) is 17.6 Å². The van der Waals surface area contributed by atoms with Crippen molar-refractivity contribution in [2.45, 2.75) is 50.2 Å². The van der Waals surface area contributed by atoms with Crippen LogP contribution in [-0.2, 0) is 7.05 Å². The van der Waals surface area contributed by atoms with Gasteiger partial charge >= 0.3 is 6.18 Å².